The number of nitrogens with one attached hydrogen (secondary N) is 2. The average molecular weight is 379 g/mol. The summed E-state index contributed by atoms with van der Waals surface area (Å²) in [5, 5.41) is 6.94. The van der Waals surface area contributed by atoms with Gasteiger partial charge < -0.3 is 15.5 Å². The summed E-state index contributed by atoms with van der Waals surface area (Å²) in [6, 6.07) is 6.97. The van der Waals surface area contributed by atoms with E-state index < -0.39 is 0 Å². The van der Waals surface area contributed by atoms with Crippen molar-refractivity contribution >= 4 is 17.6 Å². The topological polar surface area (TPSA) is 66.0 Å². The van der Waals surface area contributed by atoms with E-state index in [0.717, 1.165) is 56.0 Å². The molecule has 2 aliphatic heterocycles. The molecule has 3 fully saturated rings. The first kappa shape index (κ1) is 17.9. The number of pyridine rings is 1. The Labute approximate surface area is 167 Å². The molecule has 0 aromatic carbocycles. The van der Waals surface area contributed by atoms with Crippen LogP contribution in [0.15, 0.2) is 24.4 Å². The summed E-state index contributed by atoms with van der Waals surface area (Å²) < 4.78 is 0. The Hall–Kier alpha value is -2.21. The van der Waals surface area contributed by atoms with Gasteiger partial charge in [0.2, 0.25) is 5.95 Å². The zero-order chi connectivity index (χ0) is 18.9. The van der Waals surface area contributed by atoms with Crippen molar-refractivity contribution in [3.05, 3.63) is 35.7 Å². The third-order valence-electron chi connectivity index (χ3n) is 6.39. The lowest BCUT2D eigenvalue weighted by Crippen LogP contribution is -2.30. The lowest BCUT2D eigenvalue weighted by atomic mass is 9.94. The number of nitrogens with zero attached hydrogens (tertiary/aromatic N) is 4. The molecule has 2 aromatic rings. The van der Waals surface area contributed by atoms with Gasteiger partial charge in [-0.05, 0) is 82.2 Å². The van der Waals surface area contributed by atoms with E-state index in [2.05, 4.69) is 45.6 Å². The third-order valence-corrected chi connectivity index (χ3v) is 6.39. The van der Waals surface area contributed by atoms with Crippen molar-refractivity contribution in [1.82, 2.24) is 20.3 Å². The molecule has 1 unspecified atom stereocenters. The quantitative estimate of drug-likeness (QED) is 0.821. The molecule has 6 nitrogen and oxygen atoms in total. The minimum absolute atomic E-state index is 0.507. The fraction of sp³-hybridized carbons (Fsp3) is 0.591. The second-order valence-corrected chi connectivity index (χ2v) is 8.56. The molecule has 1 saturated carbocycles. The second kappa shape index (κ2) is 7.66. The molecule has 0 spiro atoms. The first-order valence-electron chi connectivity index (χ1n) is 10.9. The van der Waals surface area contributed by atoms with Gasteiger partial charge in [0.1, 0.15) is 11.6 Å². The Kier molecular flexibility index (Phi) is 4.89. The molecule has 3 aliphatic rings. The summed E-state index contributed by atoms with van der Waals surface area (Å²) in [5.41, 5.74) is 2.56. The zero-order valence-corrected chi connectivity index (χ0v) is 16.7. The molecular formula is C22H30N6. The van der Waals surface area contributed by atoms with Crippen LogP contribution in [-0.4, -0.2) is 40.6 Å². The van der Waals surface area contributed by atoms with Gasteiger partial charge in [-0.2, -0.15) is 4.98 Å². The van der Waals surface area contributed by atoms with E-state index >= 15 is 0 Å². The smallest absolute Gasteiger partial charge is 0.227 e. The molecule has 0 amide bonds. The maximum Gasteiger partial charge on any atom is 0.227 e. The number of piperidine rings is 1. The van der Waals surface area contributed by atoms with Crippen molar-refractivity contribution in [3.63, 3.8) is 0 Å². The van der Waals surface area contributed by atoms with Crippen molar-refractivity contribution in [2.45, 2.75) is 63.3 Å². The number of anilines is 3. The summed E-state index contributed by atoms with van der Waals surface area (Å²) in [6.07, 6.45) is 9.22. The molecule has 28 heavy (non-hydrogen) atoms. The van der Waals surface area contributed by atoms with Crippen LogP contribution in [0.25, 0.3) is 0 Å². The van der Waals surface area contributed by atoms with Crippen LogP contribution in [0.3, 0.4) is 0 Å². The van der Waals surface area contributed by atoms with Crippen molar-refractivity contribution in [2.75, 3.05) is 29.9 Å². The van der Waals surface area contributed by atoms with Crippen LogP contribution < -0.4 is 15.5 Å². The lowest BCUT2D eigenvalue weighted by molar-refractivity contribution is 0.452. The van der Waals surface area contributed by atoms with Crippen LogP contribution >= 0.6 is 0 Å². The average Bonchev–Trinajstić information content (AvgIpc) is 3.49. The Morgan fingerprint density at radius 3 is 2.61 bits per heavy atom. The van der Waals surface area contributed by atoms with Crippen molar-refractivity contribution < 1.29 is 0 Å². The summed E-state index contributed by atoms with van der Waals surface area (Å²) in [5.74, 6) is 3.87. The number of hydrogen-bond acceptors (Lipinski definition) is 6. The molecule has 6 heteroatoms. The highest BCUT2D eigenvalue weighted by molar-refractivity contribution is 5.56. The van der Waals surface area contributed by atoms with Gasteiger partial charge in [-0.3, -0.25) is 0 Å². The van der Waals surface area contributed by atoms with Crippen LogP contribution in [0.1, 0.15) is 68.5 Å². The fourth-order valence-corrected chi connectivity index (χ4v) is 4.52. The molecule has 148 valence electrons. The van der Waals surface area contributed by atoms with Crippen molar-refractivity contribution in [1.29, 1.82) is 0 Å². The van der Waals surface area contributed by atoms with Crippen molar-refractivity contribution in [2.24, 2.45) is 0 Å². The Balaban J connectivity index is 1.46. The summed E-state index contributed by atoms with van der Waals surface area (Å²) in [7, 11) is 0. The molecule has 2 aromatic heterocycles. The van der Waals surface area contributed by atoms with Crippen molar-refractivity contribution in [3.8, 4) is 0 Å². The summed E-state index contributed by atoms with van der Waals surface area (Å²) >= 11 is 0. The predicted molar refractivity (Wildman–Crippen MR) is 112 cm³/mol. The van der Waals surface area contributed by atoms with E-state index in [-0.39, 0.29) is 0 Å². The summed E-state index contributed by atoms with van der Waals surface area (Å²) in [6.45, 7) is 5.46. The lowest BCUT2D eigenvalue weighted by Gasteiger charge is -2.26. The van der Waals surface area contributed by atoms with Gasteiger partial charge in [-0.15, -0.1) is 0 Å². The molecule has 4 heterocycles. The van der Waals surface area contributed by atoms with Crippen LogP contribution in [-0.2, 0) is 0 Å². The predicted octanol–water partition coefficient (Wildman–Crippen LogP) is 3.95. The standard InChI is InChI=1S/C22H30N6/c1-15-3-2-12-28(15)22-25-19(17-6-9-23-10-7-17)14-21(27-22)26-20-13-18(8-11-24-20)16-4-5-16/h8,11,13-17,23H,2-7,9-10,12H2,1H3,(H,24,25,26,27). The highest BCUT2D eigenvalue weighted by atomic mass is 15.3. The second-order valence-electron chi connectivity index (χ2n) is 8.56. The minimum Gasteiger partial charge on any atom is -0.338 e. The van der Waals surface area contributed by atoms with E-state index in [4.69, 9.17) is 9.97 Å². The number of rotatable bonds is 5. The van der Waals surface area contributed by atoms with Crippen LogP contribution in [0.4, 0.5) is 17.6 Å². The first-order chi connectivity index (χ1) is 13.8. The van der Waals surface area contributed by atoms with Gasteiger partial charge >= 0.3 is 0 Å². The normalized spacial score (nSPS) is 23.2. The van der Waals surface area contributed by atoms with Crippen LogP contribution in [0.2, 0.25) is 0 Å². The largest absolute Gasteiger partial charge is 0.338 e. The monoisotopic (exact) mass is 378 g/mol. The minimum atomic E-state index is 0.507. The van der Waals surface area contributed by atoms with E-state index in [1.165, 1.54) is 36.9 Å². The van der Waals surface area contributed by atoms with Gasteiger partial charge in [-0.25, -0.2) is 9.97 Å². The SMILES string of the molecule is CC1CCCN1c1nc(Nc2cc(C3CC3)ccn2)cc(C2CCNCC2)n1. The van der Waals surface area contributed by atoms with Gasteiger partial charge in [0.05, 0.1) is 5.69 Å². The van der Waals surface area contributed by atoms with E-state index in [1.807, 2.05) is 6.20 Å². The maximum absolute atomic E-state index is 5.01. The molecule has 2 saturated heterocycles. The Morgan fingerprint density at radius 1 is 1.00 bits per heavy atom. The fourth-order valence-electron chi connectivity index (χ4n) is 4.52. The van der Waals surface area contributed by atoms with E-state index in [0.29, 0.717) is 12.0 Å². The van der Waals surface area contributed by atoms with E-state index in [9.17, 15) is 0 Å². The van der Waals surface area contributed by atoms with Gasteiger partial charge in [0, 0.05) is 30.8 Å². The Bertz CT molecular complexity index is 828. The van der Waals surface area contributed by atoms with Crippen LogP contribution in [0.5, 0.6) is 0 Å². The highest BCUT2D eigenvalue weighted by Gasteiger charge is 2.26. The molecule has 5 rings (SSSR count). The molecule has 0 bridgehead atoms. The third kappa shape index (κ3) is 3.83. The first-order valence-corrected chi connectivity index (χ1v) is 10.9. The summed E-state index contributed by atoms with van der Waals surface area (Å²) in [4.78, 5) is 16.8. The molecule has 1 aliphatic carbocycles. The molecular weight excluding hydrogens is 348 g/mol. The number of aromatic nitrogens is 3. The molecule has 0 radical (unpaired) electrons. The highest BCUT2D eigenvalue weighted by Crippen LogP contribution is 2.40. The maximum atomic E-state index is 5.01. The zero-order valence-electron chi connectivity index (χ0n) is 16.7. The van der Waals surface area contributed by atoms with Gasteiger partial charge in [0.25, 0.3) is 0 Å². The molecule has 2 N–H and O–H groups in total. The van der Waals surface area contributed by atoms with Crippen LogP contribution in [0, 0.1) is 0 Å². The van der Waals surface area contributed by atoms with Gasteiger partial charge in [-0.1, -0.05) is 0 Å². The molecule has 1 atom stereocenters. The van der Waals surface area contributed by atoms with Gasteiger partial charge in [0.15, 0.2) is 0 Å². The van der Waals surface area contributed by atoms with E-state index in [1.54, 1.807) is 0 Å². The number of hydrogen-bond donors (Lipinski definition) is 2. The Morgan fingerprint density at radius 2 is 1.86 bits per heavy atom.